The van der Waals surface area contributed by atoms with Crippen molar-refractivity contribution in [3.63, 3.8) is 0 Å². The third kappa shape index (κ3) is 2.97. The van der Waals surface area contributed by atoms with Crippen LogP contribution >= 0.6 is 23.6 Å². The van der Waals surface area contributed by atoms with E-state index in [1.807, 2.05) is 13.1 Å². The molecule has 6 heavy (non-hydrogen) atoms. The van der Waals surface area contributed by atoms with E-state index in [1.165, 1.54) is 3.60 Å². The number of halogens is 2. The summed E-state index contributed by atoms with van der Waals surface area (Å²) in [4.78, 5) is 0. The van der Waals surface area contributed by atoms with Gasteiger partial charge in [0.05, 0.1) is 0 Å². The van der Waals surface area contributed by atoms with Crippen molar-refractivity contribution in [2.24, 2.45) is 0 Å². The Morgan fingerprint density at radius 2 is 1.50 bits per heavy atom. The first kappa shape index (κ1) is 6.76. The molecular formula is C2H7Cl2NSi. The van der Waals surface area contributed by atoms with Gasteiger partial charge in [-0.2, -0.15) is 3.60 Å². The molecule has 0 aromatic rings. The summed E-state index contributed by atoms with van der Waals surface area (Å²) in [5.41, 5.74) is 0. The predicted octanol–water partition coefficient (Wildman–Crippen LogP) is 1.58. The average molecular weight is 144 g/mol. The molecule has 0 fully saturated rings. The van der Waals surface area contributed by atoms with Crippen molar-refractivity contribution >= 4 is 32.5 Å². The molecule has 0 atom stereocenters. The molecule has 0 radical (unpaired) electrons. The third-order valence-electron chi connectivity index (χ3n) is 0.390. The van der Waals surface area contributed by atoms with Crippen molar-refractivity contribution in [3.05, 3.63) is 0 Å². The summed E-state index contributed by atoms with van der Waals surface area (Å²) in [7, 11) is -0.880. The Balaban J connectivity index is 2.99. The Labute approximate surface area is 49.8 Å². The van der Waals surface area contributed by atoms with E-state index in [0.717, 1.165) is 0 Å². The van der Waals surface area contributed by atoms with E-state index in [2.05, 4.69) is 0 Å². The van der Waals surface area contributed by atoms with Crippen LogP contribution in [0, 0.1) is 0 Å². The largest absolute Gasteiger partial charge is 0.164 e. The van der Waals surface area contributed by atoms with E-state index in [1.54, 1.807) is 0 Å². The van der Waals surface area contributed by atoms with Crippen LogP contribution in [0.4, 0.5) is 0 Å². The topological polar surface area (TPSA) is 3.24 Å². The molecule has 0 heterocycles. The van der Waals surface area contributed by atoms with Crippen LogP contribution in [-0.4, -0.2) is 12.6 Å². The Morgan fingerprint density at radius 1 is 1.33 bits per heavy atom. The smallest absolute Gasteiger partial charge is 0.147 e. The van der Waals surface area contributed by atoms with E-state index in [4.69, 9.17) is 23.6 Å². The first-order chi connectivity index (χ1) is 2.64. The summed E-state index contributed by atoms with van der Waals surface area (Å²) >= 11 is 10.5. The highest BCUT2D eigenvalue weighted by molar-refractivity contribution is 6.68. The Kier molecular flexibility index (Phi) is 3.21. The normalized spacial score (nSPS) is 11.0. The number of rotatable bonds is 1. The van der Waals surface area contributed by atoms with Crippen molar-refractivity contribution < 1.29 is 0 Å². The van der Waals surface area contributed by atoms with Crippen molar-refractivity contribution in [2.45, 2.75) is 13.1 Å². The van der Waals surface area contributed by atoms with Crippen LogP contribution in [0.3, 0.4) is 0 Å². The Morgan fingerprint density at radius 3 is 1.50 bits per heavy atom. The van der Waals surface area contributed by atoms with Crippen molar-refractivity contribution in [1.82, 2.24) is 3.60 Å². The van der Waals surface area contributed by atoms with Crippen molar-refractivity contribution in [2.75, 3.05) is 0 Å². The summed E-state index contributed by atoms with van der Waals surface area (Å²) in [6, 6.07) is 0. The molecule has 0 rings (SSSR count). The standard InChI is InChI=1S/C2H7Cl2NSi/c1-6(2)5(3)4/h6H,1-2H3. The van der Waals surface area contributed by atoms with Gasteiger partial charge in [0.25, 0.3) is 0 Å². The van der Waals surface area contributed by atoms with Crippen LogP contribution in [0.25, 0.3) is 0 Å². The number of hydrogen-bond acceptors (Lipinski definition) is 1. The number of hydrogen-bond donors (Lipinski definition) is 0. The molecule has 1 nitrogen and oxygen atoms in total. The van der Waals surface area contributed by atoms with Gasteiger partial charge in [-0.05, 0) is 23.6 Å². The van der Waals surface area contributed by atoms with Gasteiger partial charge in [0.1, 0.15) is 8.96 Å². The van der Waals surface area contributed by atoms with Crippen LogP contribution in [0.15, 0.2) is 0 Å². The SMILES string of the molecule is C[SiH](C)N(Cl)Cl. The van der Waals surface area contributed by atoms with Gasteiger partial charge in [0.15, 0.2) is 0 Å². The molecule has 0 unspecified atom stereocenters. The van der Waals surface area contributed by atoms with Gasteiger partial charge in [-0.25, -0.2) is 0 Å². The molecule has 0 aromatic carbocycles. The van der Waals surface area contributed by atoms with E-state index >= 15 is 0 Å². The molecule has 0 amide bonds. The fourth-order valence-electron chi connectivity index (χ4n) is 0. The first-order valence-corrected chi connectivity index (χ1v) is 5.25. The second-order valence-electron chi connectivity index (χ2n) is 1.35. The molecule has 0 aliphatic heterocycles. The monoisotopic (exact) mass is 143 g/mol. The summed E-state index contributed by atoms with van der Waals surface area (Å²) in [5.74, 6) is 0. The molecule has 0 saturated carbocycles. The minimum Gasteiger partial charge on any atom is -0.164 e. The second kappa shape index (κ2) is 2.85. The molecule has 4 heteroatoms. The highest BCUT2D eigenvalue weighted by Crippen LogP contribution is 2.00. The van der Waals surface area contributed by atoms with Gasteiger partial charge in [0.2, 0.25) is 0 Å². The molecule has 0 N–H and O–H groups in total. The fourth-order valence-corrected chi connectivity index (χ4v) is 0. The van der Waals surface area contributed by atoms with E-state index < -0.39 is 8.96 Å². The molecule has 0 aromatic heterocycles. The predicted molar refractivity (Wildman–Crippen MR) is 32.4 cm³/mol. The minimum atomic E-state index is -0.880. The van der Waals surface area contributed by atoms with Gasteiger partial charge in [-0.1, -0.05) is 13.1 Å². The third-order valence-corrected chi connectivity index (χ3v) is 3.51. The van der Waals surface area contributed by atoms with Crippen LogP contribution in [0.1, 0.15) is 0 Å². The summed E-state index contributed by atoms with van der Waals surface area (Å²) < 4.78 is 1.25. The highest BCUT2D eigenvalue weighted by atomic mass is 35.5. The maximum atomic E-state index is 5.27. The average Bonchev–Trinajstić information content (AvgIpc) is 1.36. The summed E-state index contributed by atoms with van der Waals surface area (Å²) in [6.45, 7) is 4.08. The number of nitrogens with zero attached hydrogens (tertiary/aromatic N) is 1. The van der Waals surface area contributed by atoms with E-state index in [0.29, 0.717) is 0 Å². The van der Waals surface area contributed by atoms with E-state index in [9.17, 15) is 0 Å². The van der Waals surface area contributed by atoms with Crippen molar-refractivity contribution in [1.29, 1.82) is 0 Å². The van der Waals surface area contributed by atoms with Crippen LogP contribution in [-0.2, 0) is 0 Å². The first-order valence-electron chi connectivity index (χ1n) is 1.75. The molecule has 0 bridgehead atoms. The molecular weight excluding hydrogens is 137 g/mol. The molecule has 0 spiro atoms. The second-order valence-corrected chi connectivity index (χ2v) is 5.61. The fraction of sp³-hybridized carbons (Fsp3) is 1.00. The zero-order valence-corrected chi connectivity index (χ0v) is 6.45. The van der Waals surface area contributed by atoms with Crippen LogP contribution < -0.4 is 0 Å². The van der Waals surface area contributed by atoms with Gasteiger partial charge in [-0.15, -0.1) is 0 Å². The zero-order chi connectivity index (χ0) is 5.15. The minimum absolute atomic E-state index is 0.880. The lowest BCUT2D eigenvalue weighted by Gasteiger charge is -2.02. The van der Waals surface area contributed by atoms with Gasteiger partial charge < -0.3 is 0 Å². The molecule has 0 aliphatic carbocycles. The van der Waals surface area contributed by atoms with Crippen LogP contribution in [0.2, 0.25) is 13.1 Å². The van der Waals surface area contributed by atoms with E-state index in [-0.39, 0.29) is 0 Å². The maximum absolute atomic E-state index is 5.27. The summed E-state index contributed by atoms with van der Waals surface area (Å²) in [5, 5.41) is 0. The highest BCUT2D eigenvalue weighted by Gasteiger charge is 1.99. The lowest BCUT2D eigenvalue weighted by atomic mass is 11.9. The zero-order valence-electron chi connectivity index (χ0n) is 3.78. The van der Waals surface area contributed by atoms with Gasteiger partial charge in [-0.3, -0.25) is 0 Å². The lowest BCUT2D eigenvalue weighted by Crippen LogP contribution is -2.13. The molecule has 38 valence electrons. The molecule has 0 saturated heterocycles. The Bertz CT molecular complexity index is 32.5. The lowest BCUT2D eigenvalue weighted by molar-refractivity contribution is 1.12. The van der Waals surface area contributed by atoms with Crippen LogP contribution in [0.5, 0.6) is 0 Å². The van der Waals surface area contributed by atoms with Gasteiger partial charge in [0, 0.05) is 0 Å². The maximum Gasteiger partial charge on any atom is 0.147 e. The van der Waals surface area contributed by atoms with Crippen molar-refractivity contribution in [3.8, 4) is 0 Å². The summed E-state index contributed by atoms with van der Waals surface area (Å²) in [6.07, 6.45) is 0. The molecule has 0 aliphatic rings. The quantitative estimate of drug-likeness (QED) is 0.399. The van der Waals surface area contributed by atoms with Gasteiger partial charge >= 0.3 is 0 Å². The Hall–Kier alpha value is 0.757.